The lowest BCUT2D eigenvalue weighted by Gasteiger charge is -2.22. The van der Waals surface area contributed by atoms with Gasteiger partial charge in [-0.2, -0.15) is 15.0 Å². The summed E-state index contributed by atoms with van der Waals surface area (Å²) in [5.41, 5.74) is 0. The minimum absolute atomic E-state index is 0.232. The van der Waals surface area contributed by atoms with Crippen LogP contribution in [0.25, 0.3) is 0 Å². The number of rotatable bonds is 7. The second kappa shape index (κ2) is 7.48. The highest BCUT2D eigenvalue weighted by Gasteiger charge is 2.14. The smallest absolute Gasteiger partial charge is 0.231 e. The zero-order valence-electron chi connectivity index (χ0n) is 12.4. The molecular formula is C13H24ClN5. The van der Waals surface area contributed by atoms with Gasteiger partial charge in [-0.15, -0.1) is 0 Å². The van der Waals surface area contributed by atoms with Crippen molar-refractivity contribution in [2.24, 2.45) is 5.92 Å². The fraction of sp³-hybridized carbons (Fsp3) is 0.769. The van der Waals surface area contributed by atoms with Crippen molar-refractivity contribution in [3.05, 3.63) is 5.28 Å². The molecule has 1 aromatic heterocycles. The first-order valence-corrected chi connectivity index (χ1v) is 7.32. The van der Waals surface area contributed by atoms with E-state index in [9.17, 15) is 0 Å². The third-order valence-corrected chi connectivity index (χ3v) is 3.67. The average Bonchev–Trinajstić information content (AvgIpc) is 2.38. The van der Waals surface area contributed by atoms with Crippen molar-refractivity contribution < 1.29 is 0 Å². The highest BCUT2D eigenvalue weighted by atomic mass is 35.5. The van der Waals surface area contributed by atoms with Gasteiger partial charge in [0.15, 0.2) is 0 Å². The van der Waals surface area contributed by atoms with Crippen LogP contribution in [0.1, 0.15) is 41.0 Å². The quantitative estimate of drug-likeness (QED) is 0.834. The maximum Gasteiger partial charge on any atom is 0.231 e. The molecular weight excluding hydrogens is 262 g/mol. The van der Waals surface area contributed by atoms with Crippen molar-refractivity contribution >= 4 is 23.5 Å². The molecule has 0 aliphatic heterocycles. The van der Waals surface area contributed by atoms with Crippen LogP contribution in [0.15, 0.2) is 0 Å². The number of aromatic nitrogens is 3. The molecule has 1 rings (SSSR count). The number of hydrogen-bond donors (Lipinski definition) is 1. The van der Waals surface area contributed by atoms with Gasteiger partial charge in [0.25, 0.3) is 0 Å². The molecule has 0 radical (unpaired) electrons. The summed E-state index contributed by atoms with van der Waals surface area (Å²) in [5.74, 6) is 1.73. The van der Waals surface area contributed by atoms with Crippen molar-refractivity contribution in [1.82, 2.24) is 15.0 Å². The van der Waals surface area contributed by atoms with Crippen molar-refractivity contribution in [3.63, 3.8) is 0 Å². The molecule has 5 nitrogen and oxygen atoms in total. The topological polar surface area (TPSA) is 53.9 Å². The van der Waals surface area contributed by atoms with Gasteiger partial charge in [0.2, 0.25) is 17.2 Å². The Hall–Kier alpha value is -1.10. The summed E-state index contributed by atoms with van der Waals surface area (Å²) in [6.45, 7) is 12.3. The van der Waals surface area contributed by atoms with E-state index < -0.39 is 0 Å². The summed E-state index contributed by atoms with van der Waals surface area (Å²) in [7, 11) is 0. The number of hydrogen-bond acceptors (Lipinski definition) is 5. The van der Waals surface area contributed by atoms with E-state index in [4.69, 9.17) is 11.6 Å². The first-order valence-electron chi connectivity index (χ1n) is 6.94. The Balaban J connectivity index is 2.90. The maximum absolute atomic E-state index is 5.98. The molecule has 2 atom stereocenters. The van der Waals surface area contributed by atoms with E-state index in [0.717, 1.165) is 19.5 Å². The van der Waals surface area contributed by atoms with Crippen LogP contribution in [0.3, 0.4) is 0 Å². The number of nitrogens with one attached hydrogen (secondary N) is 1. The minimum atomic E-state index is 0.232. The zero-order chi connectivity index (χ0) is 14.4. The number of anilines is 2. The molecule has 0 spiro atoms. The Kier molecular flexibility index (Phi) is 6.28. The van der Waals surface area contributed by atoms with E-state index in [2.05, 4.69) is 54.9 Å². The second-order valence-corrected chi connectivity index (χ2v) is 5.06. The molecule has 0 bridgehead atoms. The van der Waals surface area contributed by atoms with Gasteiger partial charge in [-0.1, -0.05) is 20.3 Å². The molecule has 0 aliphatic carbocycles. The normalized spacial score (nSPS) is 14.0. The van der Waals surface area contributed by atoms with E-state index >= 15 is 0 Å². The predicted molar refractivity (Wildman–Crippen MR) is 80.9 cm³/mol. The Morgan fingerprint density at radius 1 is 1.11 bits per heavy atom. The van der Waals surface area contributed by atoms with Gasteiger partial charge in [-0.25, -0.2) is 0 Å². The van der Waals surface area contributed by atoms with E-state index in [-0.39, 0.29) is 5.28 Å². The molecule has 108 valence electrons. The fourth-order valence-electron chi connectivity index (χ4n) is 1.75. The van der Waals surface area contributed by atoms with Crippen molar-refractivity contribution in [2.75, 3.05) is 23.3 Å². The fourth-order valence-corrected chi connectivity index (χ4v) is 1.91. The van der Waals surface area contributed by atoms with E-state index in [0.29, 0.717) is 23.9 Å². The van der Waals surface area contributed by atoms with E-state index in [1.807, 2.05) is 4.90 Å². The lowest BCUT2D eigenvalue weighted by molar-refractivity contribution is 0.492. The van der Waals surface area contributed by atoms with E-state index in [1.165, 1.54) is 0 Å². The first-order chi connectivity index (χ1) is 9.01. The van der Waals surface area contributed by atoms with Crippen molar-refractivity contribution in [3.8, 4) is 0 Å². The van der Waals surface area contributed by atoms with Gasteiger partial charge < -0.3 is 10.2 Å². The molecule has 0 fully saturated rings. The lowest BCUT2D eigenvalue weighted by atomic mass is 10.0. The van der Waals surface area contributed by atoms with Gasteiger partial charge in [0.05, 0.1) is 0 Å². The molecule has 0 aromatic carbocycles. The Labute approximate surface area is 120 Å². The van der Waals surface area contributed by atoms with Crippen LogP contribution in [0, 0.1) is 5.92 Å². The summed E-state index contributed by atoms with van der Waals surface area (Å²) in [6.07, 6.45) is 1.11. The SMILES string of the molecule is CCC(C)C(C)Nc1nc(Cl)nc(N(CC)CC)n1. The largest absolute Gasteiger partial charge is 0.351 e. The molecule has 0 saturated carbocycles. The Bertz CT molecular complexity index is 395. The molecule has 0 amide bonds. The summed E-state index contributed by atoms with van der Waals surface area (Å²) in [4.78, 5) is 14.8. The minimum Gasteiger partial charge on any atom is -0.351 e. The zero-order valence-corrected chi connectivity index (χ0v) is 13.2. The molecule has 1 heterocycles. The molecule has 1 N–H and O–H groups in total. The summed E-state index contributed by atoms with van der Waals surface area (Å²) in [5, 5.41) is 3.54. The van der Waals surface area contributed by atoms with Gasteiger partial charge in [0, 0.05) is 19.1 Å². The van der Waals surface area contributed by atoms with Crippen LogP contribution in [0.5, 0.6) is 0 Å². The monoisotopic (exact) mass is 285 g/mol. The van der Waals surface area contributed by atoms with Crippen molar-refractivity contribution in [2.45, 2.75) is 47.1 Å². The van der Waals surface area contributed by atoms with Crippen LogP contribution in [0.4, 0.5) is 11.9 Å². The highest BCUT2D eigenvalue weighted by Crippen LogP contribution is 2.16. The lowest BCUT2D eigenvalue weighted by Crippen LogP contribution is -2.27. The Morgan fingerprint density at radius 2 is 1.74 bits per heavy atom. The molecule has 0 aliphatic rings. The van der Waals surface area contributed by atoms with E-state index in [1.54, 1.807) is 0 Å². The Morgan fingerprint density at radius 3 is 2.26 bits per heavy atom. The molecule has 1 aromatic rings. The van der Waals surface area contributed by atoms with Crippen LogP contribution in [-0.4, -0.2) is 34.1 Å². The van der Waals surface area contributed by atoms with Crippen LogP contribution in [0.2, 0.25) is 5.28 Å². The van der Waals surface area contributed by atoms with Gasteiger partial charge in [-0.05, 0) is 38.3 Å². The number of halogens is 1. The average molecular weight is 286 g/mol. The standard InChI is InChI=1S/C13H24ClN5/c1-6-9(4)10(5)15-12-16-11(14)17-13(18-12)19(7-2)8-3/h9-10H,6-8H2,1-5H3,(H,15,16,17,18). The molecule has 2 unspecified atom stereocenters. The summed E-state index contributed by atoms with van der Waals surface area (Å²) < 4.78 is 0. The van der Waals surface area contributed by atoms with Gasteiger partial charge >= 0.3 is 0 Å². The van der Waals surface area contributed by atoms with Crippen molar-refractivity contribution in [1.29, 1.82) is 0 Å². The third kappa shape index (κ3) is 4.49. The van der Waals surface area contributed by atoms with Crippen LogP contribution >= 0.6 is 11.6 Å². The highest BCUT2D eigenvalue weighted by molar-refractivity contribution is 6.28. The van der Waals surface area contributed by atoms with Crippen LogP contribution in [-0.2, 0) is 0 Å². The molecule has 6 heteroatoms. The molecule has 0 saturated heterocycles. The molecule has 19 heavy (non-hydrogen) atoms. The number of nitrogens with zero attached hydrogens (tertiary/aromatic N) is 4. The van der Waals surface area contributed by atoms with Crippen LogP contribution < -0.4 is 10.2 Å². The summed E-state index contributed by atoms with van der Waals surface area (Å²) >= 11 is 5.98. The van der Waals surface area contributed by atoms with Gasteiger partial charge in [-0.3, -0.25) is 0 Å². The predicted octanol–water partition coefficient (Wildman–Crippen LogP) is 3.22. The second-order valence-electron chi connectivity index (χ2n) is 4.72. The summed E-state index contributed by atoms with van der Waals surface area (Å²) in [6, 6.07) is 0.299. The first kappa shape index (κ1) is 16.0. The maximum atomic E-state index is 5.98. The third-order valence-electron chi connectivity index (χ3n) is 3.50. The van der Waals surface area contributed by atoms with Gasteiger partial charge in [0.1, 0.15) is 0 Å².